The van der Waals surface area contributed by atoms with E-state index in [4.69, 9.17) is 5.11 Å². The molecule has 9 heteroatoms. The topological polar surface area (TPSA) is 126 Å². The van der Waals surface area contributed by atoms with Gasteiger partial charge in [0, 0.05) is 25.4 Å². The fourth-order valence-electron chi connectivity index (χ4n) is 1.43. The second-order valence-electron chi connectivity index (χ2n) is 3.74. The minimum absolute atomic E-state index is 0.0710. The van der Waals surface area contributed by atoms with Crippen LogP contribution in [0, 0.1) is 0 Å². The lowest BCUT2D eigenvalue weighted by Crippen LogP contribution is -2.29. The summed E-state index contributed by atoms with van der Waals surface area (Å²) < 4.78 is 1.17. The van der Waals surface area contributed by atoms with E-state index < -0.39 is 5.97 Å². The molecule has 0 aliphatic heterocycles. The molecule has 2 heterocycles. The van der Waals surface area contributed by atoms with Gasteiger partial charge in [0.25, 0.3) is 0 Å². The van der Waals surface area contributed by atoms with E-state index in [9.17, 15) is 9.59 Å². The molecule has 0 fully saturated rings. The molecule has 0 aromatic carbocycles. The van der Waals surface area contributed by atoms with E-state index in [1.54, 1.807) is 12.4 Å². The first kappa shape index (κ1) is 12.7. The maximum absolute atomic E-state index is 11.5. The third kappa shape index (κ3) is 3.63. The Morgan fingerprint density at radius 2 is 2.32 bits per heavy atom. The fraction of sp³-hybridized carbons (Fsp3) is 0.300. The average Bonchev–Trinajstić information content (AvgIpc) is 3.00. The van der Waals surface area contributed by atoms with Crippen molar-refractivity contribution < 1.29 is 14.7 Å². The fourth-order valence-corrected chi connectivity index (χ4v) is 1.43. The molecule has 3 N–H and O–H groups in total. The number of rotatable bonds is 6. The van der Waals surface area contributed by atoms with Gasteiger partial charge in [-0.3, -0.25) is 4.79 Å². The van der Waals surface area contributed by atoms with Gasteiger partial charge in [-0.05, 0) is 0 Å². The molecule has 0 aliphatic rings. The van der Waals surface area contributed by atoms with E-state index in [2.05, 4.69) is 25.6 Å². The van der Waals surface area contributed by atoms with Crippen molar-refractivity contribution in [3.8, 4) is 0 Å². The molecule has 2 aromatic heterocycles. The zero-order valence-electron chi connectivity index (χ0n) is 9.91. The number of carboxylic acids is 1. The lowest BCUT2D eigenvalue weighted by Gasteiger charge is -2.03. The van der Waals surface area contributed by atoms with E-state index in [1.165, 1.54) is 10.9 Å². The highest BCUT2D eigenvalue weighted by Crippen LogP contribution is 1.93. The van der Waals surface area contributed by atoms with Crippen molar-refractivity contribution in [1.29, 1.82) is 0 Å². The van der Waals surface area contributed by atoms with E-state index in [0.717, 1.165) is 5.82 Å². The predicted molar refractivity (Wildman–Crippen MR) is 62.3 cm³/mol. The molecular weight excluding hydrogens is 252 g/mol. The summed E-state index contributed by atoms with van der Waals surface area (Å²) in [6, 6.07) is 0. The van der Waals surface area contributed by atoms with E-state index in [-0.39, 0.29) is 18.1 Å². The highest BCUT2D eigenvalue weighted by atomic mass is 16.4. The first-order valence-electron chi connectivity index (χ1n) is 5.53. The van der Waals surface area contributed by atoms with Gasteiger partial charge in [-0.2, -0.15) is 0 Å². The van der Waals surface area contributed by atoms with Gasteiger partial charge in [-0.25, -0.2) is 14.5 Å². The van der Waals surface area contributed by atoms with Crippen molar-refractivity contribution in [2.75, 3.05) is 6.54 Å². The number of carboxylic acid groups (broad SMARTS) is 1. The highest BCUT2D eigenvalue weighted by Gasteiger charge is 2.10. The van der Waals surface area contributed by atoms with Gasteiger partial charge in [0.1, 0.15) is 12.4 Å². The Hall–Kier alpha value is -2.71. The van der Waals surface area contributed by atoms with Crippen LogP contribution in [0.2, 0.25) is 0 Å². The third-order valence-corrected chi connectivity index (χ3v) is 2.30. The lowest BCUT2D eigenvalue weighted by atomic mass is 10.4. The molecule has 0 bridgehead atoms. The normalized spacial score (nSPS) is 10.3. The Kier molecular flexibility index (Phi) is 3.86. The first-order valence-corrected chi connectivity index (χ1v) is 5.53. The largest absolute Gasteiger partial charge is 0.476 e. The number of aromatic nitrogens is 5. The molecular formula is C10H12N6O3. The van der Waals surface area contributed by atoms with E-state index >= 15 is 0 Å². The number of imidazole rings is 1. The van der Waals surface area contributed by atoms with Crippen LogP contribution in [0.4, 0.5) is 0 Å². The van der Waals surface area contributed by atoms with Gasteiger partial charge < -0.3 is 15.4 Å². The number of nitrogens with zero attached hydrogens (tertiary/aromatic N) is 4. The van der Waals surface area contributed by atoms with Crippen LogP contribution in [0.15, 0.2) is 18.6 Å². The minimum Gasteiger partial charge on any atom is -0.476 e. The number of aromatic carboxylic acids is 1. The van der Waals surface area contributed by atoms with Crippen molar-refractivity contribution in [3.05, 3.63) is 30.1 Å². The monoisotopic (exact) mass is 264 g/mol. The molecule has 0 saturated heterocycles. The van der Waals surface area contributed by atoms with Crippen molar-refractivity contribution in [1.82, 2.24) is 30.3 Å². The first-order chi connectivity index (χ1) is 9.15. The summed E-state index contributed by atoms with van der Waals surface area (Å²) in [5.74, 6) is -0.660. The van der Waals surface area contributed by atoms with Crippen LogP contribution >= 0.6 is 0 Å². The standard InChI is InChI=1S/C10H12N6O3/c17-9(13-2-1-8-11-3-4-12-8)6-16-5-7(10(18)19)14-15-16/h3-5H,1-2,6H2,(H,11,12)(H,13,17)(H,18,19). The number of H-pyrrole nitrogens is 1. The number of nitrogens with one attached hydrogen (secondary N) is 2. The summed E-state index contributed by atoms with van der Waals surface area (Å²) in [4.78, 5) is 29.1. The summed E-state index contributed by atoms with van der Waals surface area (Å²) in [6.45, 7) is 0.366. The molecule has 2 rings (SSSR count). The van der Waals surface area contributed by atoms with E-state index in [1.807, 2.05) is 0 Å². The lowest BCUT2D eigenvalue weighted by molar-refractivity contribution is -0.121. The van der Waals surface area contributed by atoms with Gasteiger partial charge in [-0.1, -0.05) is 5.21 Å². The van der Waals surface area contributed by atoms with Gasteiger partial charge in [0.15, 0.2) is 5.69 Å². The molecule has 1 amide bonds. The number of hydrogen-bond donors (Lipinski definition) is 3. The molecule has 0 spiro atoms. The molecule has 100 valence electrons. The van der Waals surface area contributed by atoms with Gasteiger partial charge >= 0.3 is 5.97 Å². The van der Waals surface area contributed by atoms with Gasteiger partial charge in [0.05, 0.1) is 6.20 Å². The van der Waals surface area contributed by atoms with Crippen molar-refractivity contribution in [3.63, 3.8) is 0 Å². The van der Waals surface area contributed by atoms with Crippen LogP contribution in [0.25, 0.3) is 0 Å². The van der Waals surface area contributed by atoms with Gasteiger partial charge in [0.2, 0.25) is 5.91 Å². The summed E-state index contributed by atoms with van der Waals surface area (Å²) in [5, 5.41) is 18.3. The molecule has 9 nitrogen and oxygen atoms in total. The van der Waals surface area contributed by atoms with Crippen molar-refractivity contribution in [2.24, 2.45) is 0 Å². The molecule has 0 saturated carbocycles. The second-order valence-corrected chi connectivity index (χ2v) is 3.74. The molecule has 19 heavy (non-hydrogen) atoms. The van der Waals surface area contributed by atoms with Gasteiger partial charge in [-0.15, -0.1) is 5.10 Å². The molecule has 0 unspecified atom stereocenters. The molecule has 0 radical (unpaired) electrons. The average molecular weight is 264 g/mol. The molecule has 0 atom stereocenters. The van der Waals surface area contributed by atoms with Crippen LogP contribution in [-0.2, 0) is 17.8 Å². The van der Waals surface area contributed by atoms with Crippen LogP contribution in [0.5, 0.6) is 0 Å². The Balaban J connectivity index is 1.75. The molecule has 0 aliphatic carbocycles. The quantitative estimate of drug-likeness (QED) is 0.618. The number of amides is 1. The summed E-state index contributed by atoms with van der Waals surface area (Å²) in [5.41, 5.74) is -0.191. The summed E-state index contributed by atoms with van der Waals surface area (Å²) >= 11 is 0. The van der Waals surface area contributed by atoms with Crippen LogP contribution in [0.1, 0.15) is 16.3 Å². The number of carbonyl (C=O) groups excluding carboxylic acids is 1. The minimum atomic E-state index is -1.18. The predicted octanol–water partition coefficient (Wildman–Crippen LogP) is -0.942. The van der Waals surface area contributed by atoms with E-state index in [0.29, 0.717) is 13.0 Å². The smallest absolute Gasteiger partial charge is 0.358 e. The van der Waals surface area contributed by atoms with Crippen LogP contribution in [0.3, 0.4) is 0 Å². The zero-order valence-corrected chi connectivity index (χ0v) is 9.91. The Morgan fingerprint density at radius 1 is 1.47 bits per heavy atom. The Morgan fingerprint density at radius 3 is 2.95 bits per heavy atom. The van der Waals surface area contributed by atoms with Crippen molar-refractivity contribution >= 4 is 11.9 Å². The van der Waals surface area contributed by atoms with Crippen LogP contribution in [-0.4, -0.2) is 48.5 Å². The summed E-state index contributed by atoms with van der Waals surface area (Å²) in [7, 11) is 0. The highest BCUT2D eigenvalue weighted by molar-refractivity contribution is 5.84. The Bertz CT molecular complexity index is 562. The Labute approximate surface area is 107 Å². The van der Waals surface area contributed by atoms with Crippen LogP contribution < -0.4 is 5.32 Å². The van der Waals surface area contributed by atoms with Crippen molar-refractivity contribution in [2.45, 2.75) is 13.0 Å². The SMILES string of the molecule is O=C(Cn1cc(C(=O)O)nn1)NCCc1ncc[nH]1. The number of aromatic amines is 1. The maximum atomic E-state index is 11.5. The maximum Gasteiger partial charge on any atom is 0.358 e. The molecule has 2 aromatic rings. The summed E-state index contributed by atoms with van der Waals surface area (Å²) in [6.07, 6.45) is 5.14. The number of hydrogen-bond acceptors (Lipinski definition) is 5. The zero-order chi connectivity index (χ0) is 13.7. The third-order valence-electron chi connectivity index (χ3n) is 2.30. The number of carbonyl (C=O) groups is 2. The second kappa shape index (κ2) is 5.76.